The minimum Gasteiger partial charge on any atom is -0.495 e. The second kappa shape index (κ2) is 11.6. The molecule has 0 unspecified atom stereocenters. The third-order valence-corrected chi connectivity index (χ3v) is 5.52. The number of halogens is 3. The Kier molecular flexibility index (Phi) is 9.56. The molecule has 0 radical (unpaired) electrons. The van der Waals surface area contributed by atoms with Crippen LogP contribution in [0.15, 0.2) is 23.5 Å². The summed E-state index contributed by atoms with van der Waals surface area (Å²) in [5.74, 6) is 0.478. The fourth-order valence-corrected chi connectivity index (χ4v) is 3.76. The van der Waals surface area contributed by atoms with Crippen LogP contribution in [-0.2, 0) is 11.9 Å². The predicted octanol–water partition coefficient (Wildman–Crippen LogP) is 5.28. The van der Waals surface area contributed by atoms with Crippen molar-refractivity contribution < 1.29 is 9.57 Å². The Balaban J connectivity index is 2.33. The number of ether oxygens (including phenoxy) is 1. The van der Waals surface area contributed by atoms with Gasteiger partial charge in [-0.2, -0.15) is 5.10 Å². The molecule has 0 N–H and O–H groups in total. The third-order valence-electron chi connectivity index (χ3n) is 4.37. The van der Waals surface area contributed by atoms with Crippen LogP contribution in [0.1, 0.15) is 37.9 Å². The highest BCUT2D eigenvalue weighted by molar-refractivity contribution is 6.46. The summed E-state index contributed by atoms with van der Waals surface area (Å²) in [7, 11) is 3.31. The van der Waals surface area contributed by atoms with Crippen LogP contribution < -0.4 is 4.74 Å². The average molecular weight is 462 g/mol. The number of benzene rings is 1. The summed E-state index contributed by atoms with van der Waals surface area (Å²) in [4.78, 5) is 8.02. The summed E-state index contributed by atoms with van der Waals surface area (Å²) in [6, 6.07) is 3.51. The van der Waals surface area contributed by atoms with Gasteiger partial charge in [-0.15, -0.1) is 0 Å². The third kappa shape index (κ3) is 6.01. The molecule has 160 valence electrons. The van der Waals surface area contributed by atoms with Crippen LogP contribution in [0.3, 0.4) is 0 Å². The smallest absolute Gasteiger partial charge is 0.139 e. The van der Waals surface area contributed by atoms with Gasteiger partial charge in [0.15, 0.2) is 0 Å². The highest BCUT2D eigenvalue weighted by Crippen LogP contribution is 2.36. The average Bonchev–Trinajstić information content (AvgIpc) is 3.03. The van der Waals surface area contributed by atoms with E-state index in [1.807, 2.05) is 0 Å². The Morgan fingerprint density at radius 2 is 1.79 bits per heavy atom. The molecular formula is C20H27Cl3N4O2. The van der Waals surface area contributed by atoms with Crippen LogP contribution in [-0.4, -0.2) is 53.7 Å². The van der Waals surface area contributed by atoms with Gasteiger partial charge in [0, 0.05) is 19.2 Å². The summed E-state index contributed by atoms with van der Waals surface area (Å²) in [5, 5.41) is 9.61. The van der Waals surface area contributed by atoms with Gasteiger partial charge in [-0.3, -0.25) is 9.58 Å². The number of hydrogen-bond donors (Lipinski definition) is 0. The van der Waals surface area contributed by atoms with E-state index in [9.17, 15) is 0 Å². The number of rotatable bonds is 11. The molecule has 0 aliphatic rings. The van der Waals surface area contributed by atoms with E-state index in [2.05, 4.69) is 29.0 Å². The zero-order valence-electron chi connectivity index (χ0n) is 17.2. The van der Waals surface area contributed by atoms with Gasteiger partial charge in [0.1, 0.15) is 28.8 Å². The first-order valence-corrected chi connectivity index (χ1v) is 10.7. The lowest BCUT2D eigenvalue weighted by atomic mass is 10.1. The molecule has 1 heterocycles. The summed E-state index contributed by atoms with van der Waals surface area (Å²) in [6.45, 7) is 7.62. The summed E-state index contributed by atoms with van der Waals surface area (Å²) in [6.07, 6.45) is 3.74. The molecule has 6 nitrogen and oxygen atoms in total. The van der Waals surface area contributed by atoms with E-state index in [0.29, 0.717) is 44.4 Å². The van der Waals surface area contributed by atoms with E-state index in [-0.39, 0.29) is 0 Å². The molecule has 1 aromatic heterocycles. The topological polar surface area (TPSA) is 51.9 Å². The molecule has 9 heteroatoms. The molecule has 1 aromatic carbocycles. The van der Waals surface area contributed by atoms with Gasteiger partial charge in [-0.1, -0.05) is 53.8 Å². The fraction of sp³-hybridized carbons (Fsp3) is 0.500. The molecule has 0 amide bonds. The lowest BCUT2D eigenvalue weighted by molar-refractivity contribution is 0.110. The summed E-state index contributed by atoms with van der Waals surface area (Å²) in [5.41, 5.74) is 1.64. The molecule has 29 heavy (non-hydrogen) atoms. The van der Waals surface area contributed by atoms with Gasteiger partial charge in [-0.25, -0.2) is 0 Å². The van der Waals surface area contributed by atoms with Crippen LogP contribution in [0.4, 0.5) is 0 Å². The molecular weight excluding hydrogens is 435 g/mol. The molecule has 0 aliphatic heterocycles. The number of aryl methyl sites for hydroxylation is 1. The molecule has 0 fully saturated rings. The van der Waals surface area contributed by atoms with Crippen LogP contribution in [0.25, 0.3) is 0 Å². The SMILES string of the molecule is CCCN(CCC)CCO/N=C(/c1ccc(OC)c(Cl)c1Cl)c1c(Cl)cnn1C. The zero-order chi connectivity index (χ0) is 21.4. The number of hydrogen-bond acceptors (Lipinski definition) is 5. The van der Waals surface area contributed by atoms with Crippen molar-refractivity contribution >= 4 is 40.5 Å². The minimum absolute atomic E-state index is 0.301. The summed E-state index contributed by atoms with van der Waals surface area (Å²) >= 11 is 19.2. The van der Waals surface area contributed by atoms with E-state index in [1.54, 1.807) is 30.1 Å². The first kappa shape index (κ1) is 23.8. The van der Waals surface area contributed by atoms with Crippen LogP contribution in [0, 0.1) is 0 Å². The Morgan fingerprint density at radius 1 is 1.10 bits per heavy atom. The van der Waals surface area contributed by atoms with Crippen molar-refractivity contribution in [1.82, 2.24) is 14.7 Å². The van der Waals surface area contributed by atoms with Crippen molar-refractivity contribution in [3.8, 4) is 5.75 Å². The maximum absolute atomic E-state index is 6.51. The van der Waals surface area contributed by atoms with Crippen molar-refractivity contribution in [1.29, 1.82) is 0 Å². The molecule has 2 aromatic rings. The number of nitrogens with zero attached hydrogens (tertiary/aromatic N) is 4. The van der Waals surface area contributed by atoms with Gasteiger partial charge in [-0.05, 0) is 38.1 Å². The predicted molar refractivity (Wildman–Crippen MR) is 120 cm³/mol. The normalized spacial score (nSPS) is 11.9. The monoisotopic (exact) mass is 460 g/mol. The van der Waals surface area contributed by atoms with Crippen molar-refractivity contribution in [3.05, 3.63) is 44.7 Å². The van der Waals surface area contributed by atoms with Crippen LogP contribution >= 0.6 is 34.8 Å². The lowest BCUT2D eigenvalue weighted by Gasteiger charge is -2.20. The van der Waals surface area contributed by atoms with E-state index in [4.69, 9.17) is 44.4 Å². The zero-order valence-corrected chi connectivity index (χ0v) is 19.5. The Labute approximate surface area is 187 Å². The lowest BCUT2D eigenvalue weighted by Crippen LogP contribution is -2.29. The number of oxime groups is 1. The van der Waals surface area contributed by atoms with Gasteiger partial charge in [0.05, 0.1) is 23.4 Å². The fourth-order valence-electron chi connectivity index (χ4n) is 3.02. The first-order chi connectivity index (χ1) is 13.9. The van der Waals surface area contributed by atoms with E-state index in [0.717, 1.165) is 32.5 Å². The number of methoxy groups -OCH3 is 1. The molecule has 0 bridgehead atoms. The maximum Gasteiger partial charge on any atom is 0.139 e. The molecule has 0 atom stereocenters. The maximum atomic E-state index is 6.51. The Morgan fingerprint density at radius 3 is 2.34 bits per heavy atom. The summed E-state index contributed by atoms with van der Waals surface area (Å²) < 4.78 is 6.86. The quantitative estimate of drug-likeness (QED) is 0.259. The van der Waals surface area contributed by atoms with Crippen LogP contribution in [0.5, 0.6) is 5.75 Å². The van der Waals surface area contributed by atoms with Gasteiger partial charge >= 0.3 is 0 Å². The first-order valence-electron chi connectivity index (χ1n) is 9.57. The van der Waals surface area contributed by atoms with Gasteiger partial charge in [0.2, 0.25) is 0 Å². The van der Waals surface area contributed by atoms with Crippen molar-refractivity contribution in [3.63, 3.8) is 0 Å². The van der Waals surface area contributed by atoms with Gasteiger partial charge < -0.3 is 9.57 Å². The molecule has 0 spiro atoms. The van der Waals surface area contributed by atoms with Crippen molar-refractivity contribution in [2.75, 3.05) is 33.4 Å². The molecule has 0 saturated heterocycles. The highest BCUT2D eigenvalue weighted by atomic mass is 35.5. The highest BCUT2D eigenvalue weighted by Gasteiger charge is 2.22. The number of aromatic nitrogens is 2. The van der Waals surface area contributed by atoms with E-state index >= 15 is 0 Å². The Hall–Kier alpha value is -1.47. The Bertz CT molecular complexity index is 814. The van der Waals surface area contributed by atoms with E-state index < -0.39 is 0 Å². The molecule has 0 saturated carbocycles. The van der Waals surface area contributed by atoms with Crippen molar-refractivity contribution in [2.45, 2.75) is 26.7 Å². The molecule has 2 rings (SSSR count). The molecule has 0 aliphatic carbocycles. The minimum atomic E-state index is 0.301. The standard InChI is InChI=1S/C20H27Cl3N4O2/c1-5-9-27(10-6-2)11-12-29-25-19(20-15(21)13-24-26(20)3)14-7-8-16(28-4)18(23)17(14)22/h7-8,13H,5-6,9-12H2,1-4H3/b25-19-. The largest absolute Gasteiger partial charge is 0.495 e. The van der Waals surface area contributed by atoms with E-state index in [1.165, 1.54) is 7.11 Å². The van der Waals surface area contributed by atoms with Crippen LogP contribution in [0.2, 0.25) is 15.1 Å². The van der Waals surface area contributed by atoms with Gasteiger partial charge in [0.25, 0.3) is 0 Å². The second-order valence-corrected chi connectivity index (χ2v) is 7.69. The second-order valence-electron chi connectivity index (χ2n) is 6.52. The van der Waals surface area contributed by atoms with Crippen molar-refractivity contribution in [2.24, 2.45) is 12.2 Å².